The number of rotatable bonds is 2. The molecule has 1 amide bonds. The van der Waals surface area contributed by atoms with Crippen molar-refractivity contribution in [1.82, 2.24) is 0 Å². The van der Waals surface area contributed by atoms with Crippen LogP contribution in [0, 0.1) is 12.7 Å². The number of anilines is 1. The maximum absolute atomic E-state index is 13.4. The van der Waals surface area contributed by atoms with Crippen molar-refractivity contribution in [3.8, 4) is 0 Å². The first-order chi connectivity index (χ1) is 9.40. The van der Waals surface area contributed by atoms with Crippen molar-refractivity contribution in [3.63, 3.8) is 0 Å². The van der Waals surface area contributed by atoms with Gasteiger partial charge in [-0.2, -0.15) is 0 Å². The van der Waals surface area contributed by atoms with Crippen LogP contribution in [0.5, 0.6) is 0 Å². The Hall–Kier alpha value is -0.910. The van der Waals surface area contributed by atoms with Crippen LogP contribution in [0.2, 0.25) is 5.02 Å². The van der Waals surface area contributed by atoms with Crippen LogP contribution in [0.15, 0.2) is 39.3 Å². The fourth-order valence-electron chi connectivity index (χ4n) is 1.65. The maximum atomic E-state index is 13.4. The van der Waals surface area contributed by atoms with Crippen LogP contribution in [-0.4, -0.2) is 5.91 Å². The molecule has 0 atom stereocenters. The van der Waals surface area contributed by atoms with Gasteiger partial charge in [0.15, 0.2) is 0 Å². The first-order valence-corrected chi connectivity index (χ1v) is 7.57. The van der Waals surface area contributed by atoms with Crippen LogP contribution < -0.4 is 5.32 Å². The van der Waals surface area contributed by atoms with E-state index in [4.69, 9.17) is 11.6 Å². The molecule has 2 aromatic carbocycles. The van der Waals surface area contributed by atoms with Gasteiger partial charge in [-0.25, -0.2) is 4.39 Å². The third kappa shape index (κ3) is 3.22. The van der Waals surface area contributed by atoms with E-state index in [1.165, 1.54) is 12.1 Å². The number of halogens is 4. The van der Waals surface area contributed by atoms with Crippen LogP contribution in [0.25, 0.3) is 0 Å². The molecule has 0 aliphatic heterocycles. The zero-order valence-corrected chi connectivity index (χ0v) is 14.2. The maximum Gasteiger partial charge on any atom is 0.257 e. The minimum absolute atomic E-state index is 0.290. The first-order valence-electron chi connectivity index (χ1n) is 5.61. The molecule has 0 saturated carbocycles. The standard InChI is InChI=1S/C14H9Br2ClFNO/c1-7-5-11(18)10(16)6-12(7)19-14(20)8-3-2-4-9(15)13(8)17/h2-6H,1H3,(H,19,20). The normalized spacial score (nSPS) is 10.4. The number of hydrogen-bond acceptors (Lipinski definition) is 1. The van der Waals surface area contributed by atoms with Gasteiger partial charge in [0.05, 0.1) is 15.1 Å². The predicted molar refractivity (Wildman–Crippen MR) is 85.9 cm³/mol. The zero-order chi connectivity index (χ0) is 14.9. The van der Waals surface area contributed by atoms with E-state index in [0.29, 0.717) is 30.8 Å². The smallest absolute Gasteiger partial charge is 0.257 e. The lowest BCUT2D eigenvalue weighted by molar-refractivity contribution is 0.102. The van der Waals surface area contributed by atoms with E-state index >= 15 is 0 Å². The highest BCUT2D eigenvalue weighted by molar-refractivity contribution is 9.10. The van der Waals surface area contributed by atoms with Crippen LogP contribution in [0.4, 0.5) is 10.1 Å². The zero-order valence-electron chi connectivity index (χ0n) is 10.3. The summed E-state index contributed by atoms with van der Waals surface area (Å²) < 4.78 is 14.3. The van der Waals surface area contributed by atoms with Gasteiger partial charge in [0, 0.05) is 10.2 Å². The van der Waals surface area contributed by atoms with Crippen molar-refractivity contribution in [2.75, 3.05) is 5.32 Å². The average Bonchev–Trinajstić information content (AvgIpc) is 2.39. The molecule has 0 aliphatic rings. The number of carbonyl (C=O) groups excluding carboxylic acids is 1. The lowest BCUT2D eigenvalue weighted by atomic mass is 10.1. The lowest BCUT2D eigenvalue weighted by Crippen LogP contribution is -2.13. The molecule has 20 heavy (non-hydrogen) atoms. The Morgan fingerprint density at radius 1 is 1.25 bits per heavy atom. The van der Waals surface area contributed by atoms with Gasteiger partial charge >= 0.3 is 0 Å². The number of hydrogen-bond donors (Lipinski definition) is 1. The van der Waals surface area contributed by atoms with Gasteiger partial charge < -0.3 is 5.32 Å². The Kier molecular flexibility index (Phi) is 4.83. The highest BCUT2D eigenvalue weighted by Crippen LogP contribution is 2.28. The van der Waals surface area contributed by atoms with Crippen molar-refractivity contribution in [1.29, 1.82) is 0 Å². The van der Waals surface area contributed by atoms with Crippen LogP contribution in [-0.2, 0) is 0 Å². The molecule has 2 aromatic rings. The van der Waals surface area contributed by atoms with Crippen LogP contribution >= 0.6 is 43.5 Å². The topological polar surface area (TPSA) is 29.1 Å². The summed E-state index contributed by atoms with van der Waals surface area (Å²) in [5.41, 5.74) is 1.50. The minimum atomic E-state index is -0.374. The summed E-state index contributed by atoms with van der Waals surface area (Å²) in [7, 11) is 0. The summed E-state index contributed by atoms with van der Waals surface area (Å²) in [4.78, 5) is 12.2. The largest absolute Gasteiger partial charge is 0.322 e. The average molecular weight is 421 g/mol. The van der Waals surface area contributed by atoms with E-state index in [9.17, 15) is 9.18 Å². The van der Waals surface area contributed by atoms with Gasteiger partial charge in [0.1, 0.15) is 5.82 Å². The summed E-state index contributed by atoms with van der Waals surface area (Å²) >= 11 is 12.4. The van der Waals surface area contributed by atoms with Crippen LogP contribution in [0.3, 0.4) is 0 Å². The number of aryl methyl sites for hydroxylation is 1. The molecule has 1 N–H and O–H groups in total. The Balaban J connectivity index is 2.33. The molecule has 0 saturated heterocycles. The van der Waals surface area contributed by atoms with E-state index in [1.807, 2.05) is 0 Å². The second-order valence-electron chi connectivity index (χ2n) is 4.14. The summed E-state index contributed by atoms with van der Waals surface area (Å²) in [6, 6.07) is 7.96. The molecule has 0 fully saturated rings. The van der Waals surface area contributed by atoms with Crippen molar-refractivity contribution in [2.45, 2.75) is 6.92 Å². The molecule has 104 valence electrons. The predicted octanol–water partition coefficient (Wildman–Crippen LogP) is 5.56. The van der Waals surface area contributed by atoms with Crippen LogP contribution in [0.1, 0.15) is 15.9 Å². The number of amides is 1. The van der Waals surface area contributed by atoms with Crippen molar-refractivity contribution < 1.29 is 9.18 Å². The monoisotopic (exact) mass is 419 g/mol. The third-order valence-electron chi connectivity index (χ3n) is 2.71. The highest BCUT2D eigenvalue weighted by atomic mass is 79.9. The Bertz CT molecular complexity index is 691. The van der Waals surface area contributed by atoms with E-state index < -0.39 is 0 Å². The Morgan fingerprint density at radius 3 is 2.65 bits per heavy atom. The number of benzene rings is 2. The molecule has 0 aromatic heterocycles. The molecule has 2 rings (SSSR count). The second kappa shape index (κ2) is 6.24. The number of nitrogens with one attached hydrogen (secondary N) is 1. The second-order valence-corrected chi connectivity index (χ2v) is 6.22. The van der Waals surface area contributed by atoms with Crippen molar-refractivity contribution >= 4 is 55.1 Å². The van der Waals surface area contributed by atoms with Gasteiger partial charge in [-0.05, 0) is 68.6 Å². The molecule has 6 heteroatoms. The van der Waals surface area contributed by atoms with Gasteiger partial charge in [0.2, 0.25) is 0 Å². The number of carbonyl (C=O) groups is 1. The lowest BCUT2D eigenvalue weighted by Gasteiger charge is -2.11. The van der Waals surface area contributed by atoms with Gasteiger partial charge in [-0.1, -0.05) is 17.7 Å². The summed E-state index contributed by atoms with van der Waals surface area (Å²) in [6.45, 7) is 1.72. The molecular weight excluding hydrogens is 412 g/mol. The Morgan fingerprint density at radius 2 is 1.95 bits per heavy atom. The highest BCUT2D eigenvalue weighted by Gasteiger charge is 2.14. The SMILES string of the molecule is Cc1cc(F)c(Br)cc1NC(=O)c1cccc(Br)c1Cl. The van der Waals surface area contributed by atoms with Crippen molar-refractivity contribution in [2.24, 2.45) is 0 Å². The molecule has 0 unspecified atom stereocenters. The molecule has 0 bridgehead atoms. The van der Waals surface area contributed by atoms with Gasteiger partial charge in [0.25, 0.3) is 5.91 Å². The van der Waals surface area contributed by atoms with Gasteiger partial charge in [-0.3, -0.25) is 4.79 Å². The molecular formula is C14H9Br2ClFNO. The quantitative estimate of drug-likeness (QED) is 0.675. The summed E-state index contributed by atoms with van der Waals surface area (Å²) in [5, 5.41) is 3.06. The third-order valence-corrected chi connectivity index (χ3v) is 4.62. The van der Waals surface area contributed by atoms with E-state index in [2.05, 4.69) is 37.2 Å². The van der Waals surface area contributed by atoms with Gasteiger partial charge in [-0.15, -0.1) is 0 Å². The first kappa shape index (κ1) is 15.5. The van der Waals surface area contributed by atoms with E-state index in [0.717, 1.165) is 0 Å². The van der Waals surface area contributed by atoms with E-state index in [-0.39, 0.29) is 11.7 Å². The fraction of sp³-hybridized carbons (Fsp3) is 0.0714. The summed E-state index contributed by atoms with van der Waals surface area (Å²) in [6.07, 6.45) is 0. The Labute approximate surface area is 137 Å². The summed E-state index contributed by atoms with van der Waals surface area (Å²) in [5.74, 6) is -0.723. The molecule has 2 nitrogen and oxygen atoms in total. The molecule has 0 radical (unpaired) electrons. The fourth-order valence-corrected chi connectivity index (χ4v) is 2.57. The van der Waals surface area contributed by atoms with Crippen molar-refractivity contribution in [3.05, 3.63) is 61.2 Å². The molecule has 0 spiro atoms. The minimum Gasteiger partial charge on any atom is -0.322 e. The van der Waals surface area contributed by atoms with E-state index in [1.54, 1.807) is 25.1 Å². The molecule has 0 aliphatic carbocycles. The molecule has 0 heterocycles.